The van der Waals surface area contributed by atoms with E-state index in [0.29, 0.717) is 21.5 Å². The Morgan fingerprint density at radius 1 is 0.867 bits per heavy atom. The summed E-state index contributed by atoms with van der Waals surface area (Å²) < 4.78 is 2.04. The third kappa shape index (κ3) is 3.70. The van der Waals surface area contributed by atoms with Crippen LogP contribution >= 0.6 is 46.1 Å². The summed E-state index contributed by atoms with van der Waals surface area (Å²) in [6.07, 6.45) is 2.61. The zero-order valence-electron chi connectivity index (χ0n) is 15.4. The van der Waals surface area contributed by atoms with Crippen LogP contribution in [0, 0.1) is 0 Å². The molecule has 0 unspecified atom stereocenters. The second-order valence-electron chi connectivity index (χ2n) is 6.67. The maximum atomic E-state index is 6.15. The average Bonchev–Trinajstić information content (AvgIpc) is 3.35. The highest BCUT2D eigenvalue weighted by Gasteiger charge is 2.19. The number of halogens is 3. The van der Waals surface area contributed by atoms with Crippen molar-refractivity contribution in [2.45, 2.75) is 6.42 Å². The first-order valence-corrected chi connectivity index (χ1v) is 11.0. The van der Waals surface area contributed by atoms with Crippen LogP contribution in [-0.2, 0) is 6.42 Å². The second kappa shape index (κ2) is 8.00. The van der Waals surface area contributed by atoms with E-state index in [1.54, 1.807) is 6.07 Å². The van der Waals surface area contributed by atoms with Gasteiger partial charge in [0.1, 0.15) is 16.3 Å². The summed E-state index contributed by atoms with van der Waals surface area (Å²) in [4.78, 5) is 4.83. The van der Waals surface area contributed by atoms with Gasteiger partial charge in [-0.05, 0) is 42.0 Å². The van der Waals surface area contributed by atoms with E-state index in [0.717, 1.165) is 38.2 Å². The first-order valence-electron chi connectivity index (χ1n) is 9.08. The minimum Gasteiger partial charge on any atom is -0.297 e. The van der Waals surface area contributed by atoms with Gasteiger partial charge in [-0.3, -0.25) is 4.40 Å². The molecule has 0 aliphatic rings. The van der Waals surface area contributed by atoms with Crippen LogP contribution in [0.15, 0.2) is 66.9 Å². The van der Waals surface area contributed by atoms with Gasteiger partial charge in [0.05, 0.1) is 15.7 Å². The molecule has 0 spiro atoms. The summed E-state index contributed by atoms with van der Waals surface area (Å²) in [5.74, 6) is 0. The van der Waals surface area contributed by atoms with E-state index in [-0.39, 0.29) is 0 Å². The van der Waals surface area contributed by atoms with Crippen molar-refractivity contribution in [1.29, 1.82) is 0 Å². The summed E-state index contributed by atoms with van der Waals surface area (Å²) in [7, 11) is 0. The molecule has 3 aromatic heterocycles. The van der Waals surface area contributed by atoms with Gasteiger partial charge in [0.2, 0.25) is 0 Å². The van der Waals surface area contributed by atoms with Crippen LogP contribution in [0.5, 0.6) is 0 Å². The molecule has 4 nitrogen and oxygen atoms in total. The number of aromatic nitrogens is 4. The van der Waals surface area contributed by atoms with E-state index in [2.05, 4.69) is 10.2 Å². The maximum absolute atomic E-state index is 6.15. The van der Waals surface area contributed by atoms with Crippen LogP contribution in [0.2, 0.25) is 15.1 Å². The lowest BCUT2D eigenvalue weighted by Crippen LogP contribution is -1.89. The van der Waals surface area contributed by atoms with E-state index < -0.39 is 0 Å². The number of fused-ring (bicyclic) bond motifs is 1. The summed E-state index contributed by atoms with van der Waals surface area (Å²) in [5, 5.41) is 12.3. The number of rotatable bonds is 4. The van der Waals surface area contributed by atoms with E-state index in [1.807, 2.05) is 65.2 Å². The fourth-order valence-corrected chi connectivity index (χ4v) is 4.62. The van der Waals surface area contributed by atoms with Crippen LogP contribution < -0.4 is 0 Å². The molecule has 0 bridgehead atoms. The Bertz CT molecular complexity index is 1360. The second-order valence-corrected chi connectivity index (χ2v) is 8.98. The van der Waals surface area contributed by atoms with Crippen molar-refractivity contribution in [3.63, 3.8) is 0 Å². The van der Waals surface area contributed by atoms with Gasteiger partial charge in [-0.25, -0.2) is 4.98 Å². The molecule has 5 rings (SSSR count). The smallest absolute Gasteiger partial charge is 0.166 e. The molecular formula is C22H13Cl3N4S. The molecule has 30 heavy (non-hydrogen) atoms. The monoisotopic (exact) mass is 470 g/mol. The predicted octanol–water partition coefficient (Wildman–Crippen LogP) is 7.07. The standard InChI is InChI=1S/C22H13Cl3N4S/c23-15-7-5-14(6-8-15)20-21(29-10-2-1-3-18(29)26-20)22-28-27-19(30-22)12-13-4-9-16(24)17(25)11-13/h1-11H,12H2. The van der Waals surface area contributed by atoms with Crippen molar-refractivity contribution in [3.8, 4) is 22.0 Å². The molecule has 0 saturated heterocycles. The Morgan fingerprint density at radius 2 is 1.70 bits per heavy atom. The molecular weight excluding hydrogens is 459 g/mol. The van der Waals surface area contributed by atoms with E-state index in [4.69, 9.17) is 39.8 Å². The van der Waals surface area contributed by atoms with Crippen LogP contribution in [0.1, 0.15) is 10.6 Å². The van der Waals surface area contributed by atoms with Gasteiger partial charge < -0.3 is 0 Å². The molecule has 0 saturated carbocycles. The van der Waals surface area contributed by atoms with Crippen molar-refractivity contribution in [2.24, 2.45) is 0 Å². The quantitative estimate of drug-likeness (QED) is 0.281. The zero-order valence-corrected chi connectivity index (χ0v) is 18.5. The van der Waals surface area contributed by atoms with E-state index in [1.165, 1.54) is 11.3 Å². The highest BCUT2D eigenvalue weighted by atomic mass is 35.5. The third-order valence-corrected chi connectivity index (χ3v) is 6.58. The summed E-state index contributed by atoms with van der Waals surface area (Å²) >= 11 is 19.8. The summed E-state index contributed by atoms with van der Waals surface area (Å²) in [6.45, 7) is 0. The number of nitrogens with zero attached hydrogens (tertiary/aromatic N) is 4. The lowest BCUT2D eigenvalue weighted by Gasteiger charge is -2.02. The first kappa shape index (κ1) is 19.5. The molecule has 148 valence electrons. The van der Waals surface area contributed by atoms with Crippen molar-refractivity contribution < 1.29 is 0 Å². The Kier molecular flexibility index (Phi) is 5.21. The van der Waals surface area contributed by atoms with Gasteiger partial charge in [-0.1, -0.05) is 70.4 Å². The topological polar surface area (TPSA) is 43.1 Å². The molecule has 0 N–H and O–H groups in total. The zero-order chi connectivity index (χ0) is 20.7. The molecule has 0 aliphatic heterocycles. The molecule has 2 aromatic carbocycles. The van der Waals surface area contributed by atoms with Crippen molar-refractivity contribution >= 4 is 51.8 Å². The van der Waals surface area contributed by atoms with Crippen molar-refractivity contribution in [3.05, 3.63) is 92.5 Å². The minimum atomic E-state index is 0.533. The number of imidazole rings is 1. The summed E-state index contributed by atoms with van der Waals surface area (Å²) in [5.41, 5.74) is 4.60. The fraction of sp³-hybridized carbons (Fsp3) is 0.0455. The Hall–Kier alpha value is -2.44. The Morgan fingerprint density at radius 3 is 2.50 bits per heavy atom. The minimum absolute atomic E-state index is 0.533. The predicted molar refractivity (Wildman–Crippen MR) is 124 cm³/mol. The van der Waals surface area contributed by atoms with Crippen LogP contribution in [0.25, 0.3) is 27.6 Å². The highest BCUT2D eigenvalue weighted by Crippen LogP contribution is 2.35. The number of hydrogen-bond acceptors (Lipinski definition) is 4. The molecule has 3 heterocycles. The van der Waals surface area contributed by atoms with Gasteiger partial charge in [-0.15, -0.1) is 10.2 Å². The van der Waals surface area contributed by atoms with E-state index in [9.17, 15) is 0 Å². The molecule has 8 heteroatoms. The van der Waals surface area contributed by atoms with Gasteiger partial charge in [0, 0.05) is 23.2 Å². The molecule has 0 atom stereocenters. The molecule has 5 aromatic rings. The van der Waals surface area contributed by atoms with Crippen LogP contribution in [0.3, 0.4) is 0 Å². The lowest BCUT2D eigenvalue weighted by atomic mass is 10.1. The highest BCUT2D eigenvalue weighted by molar-refractivity contribution is 7.14. The molecule has 0 fully saturated rings. The van der Waals surface area contributed by atoms with Gasteiger partial charge in [0.25, 0.3) is 0 Å². The maximum Gasteiger partial charge on any atom is 0.166 e. The molecule has 0 radical (unpaired) electrons. The van der Waals surface area contributed by atoms with Gasteiger partial charge in [-0.2, -0.15) is 0 Å². The van der Waals surface area contributed by atoms with Gasteiger partial charge >= 0.3 is 0 Å². The molecule has 0 aliphatic carbocycles. The normalized spacial score (nSPS) is 11.3. The largest absolute Gasteiger partial charge is 0.297 e. The Balaban J connectivity index is 1.58. The van der Waals surface area contributed by atoms with Crippen LogP contribution in [-0.4, -0.2) is 19.6 Å². The van der Waals surface area contributed by atoms with Gasteiger partial charge in [0.15, 0.2) is 5.01 Å². The van der Waals surface area contributed by atoms with E-state index >= 15 is 0 Å². The average molecular weight is 472 g/mol. The number of pyridine rings is 1. The summed E-state index contributed by atoms with van der Waals surface area (Å²) in [6, 6.07) is 19.2. The first-order chi connectivity index (χ1) is 14.6. The van der Waals surface area contributed by atoms with Crippen molar-refractivity contribution in [1.82, 2.24) is 19.6 Å². The van der Waals surface area contributed by atoms with Crippen LogP contribution in [0.4, 0.5) is 0 Å². The SMILES string of the molecule is Clc1ccc(-c2nc3ccccn3c2-c2nnc(Cc3ccc(Cl)c(Cl)c3)s2)cc1. The number of benzene rings is 2. The fourth-order valence-electron chi connectivity index (χ4n) is 3.25. The number of hydrogen-bond donors (Lipinski definition) is 0. The molecule has 0 amide bonds. The Labute approximate surface area is 191 Å². The third-order valence-electron chi connectivity index (χ3n) is 4.66. The van der Waals surface area contributed by atoms with Crippen molar-refractivity contribution in [2.75, 3.05) is 0 Å². The lowest BCUT2D eigenvalue weighted by molar-refractivity contribution is 1.00.